The van der Waals surface area contributed by atoms with E-state index in [4.69, 9.17) is 31.6 Å². The van der Waals surface area contributed by atoms with E-state index in [2.05, 4.69) is 11.1 Å². The summed E-state index contributed by atoms with van der Waals surface area (Å²) in [6, 6.07) is 10.5. The van der Waals surface area contributed by atoms with Crippen molar-refractivity contribution in [3.8, 4) is 40.4 Å². The lowest BCUT2D eigenvalue weighted by Crippen LogP contribution is -2.10. The van der Waals surface area contributed by atoms with Gasteiger partial charge >= 0.3 is 0 Å². The van der Waals surface area contributed by atoms with Gasteiger partial charge in [0.25, 0.3) is 0 Å². The highest BCUT2D eigenvalue weighted by Gasteiger charge is 2.27. The van der Waals surface area contributed by atoms with E-state index in [1.807, 2.05) is 0 Å². The molecule has 0 fully saturated rings. The van der Waals surface area contributed by atoms with Crippen LogP contribution in [0.1, 0.15) is 11.1 Å². The predicted molar refractivity (Wildman–Crippen MR) is 131 cm³/mol. The molecule has 0 unspecified atom stereocenters. The van der Waals surface area contributed by atoms with Gasteiger partial charge in [-0.2, -0.15) is 5.26 Å². The first-order valence-electron chi connectivity index (χ1n) is 10.9. The molecule has 0 aliphatic rings. The van der Waals surface area contributed by atoms with Crippen LogP contribution in [0.25, 0.3) is 44.8 Å². The Hall–Kier alpha value is -5.43. The standard InChI is InChI=1S/C27H16N2O8/c1-31-22-15-7-10-35-23(15)26(32-2)25-20(22)21(30)14(13-36-25)12-29-27-16(11-28)19(17-5-3-8-33-17)24(37-27)18-6-4-9-34-18/h3-10,12-13H,1-2H3/b29-12+. The Morgan fingerprint density at radius 3 is 2.35 bits per heavy atom. The Bertz CT molecular complexity index is 1880. The average Bonchev–Trinajstić information content (AvgIpc) is 3.73. The Labute approximate surface area is 207 Å². The third-order valence-corrected chi connectivity index (χ3v) is 5.81. The first-order valence-corrected chi connectivity index (χ1v) is 10.9. The van der Waals surface area contributed by atoms with Gasteiger partial charge in [0.15, 0.2) is 22.7 Å². The van der Waals surface area contributed by atoms with Crippen LogP contribution in [-0.2, 0) is 0 Å². The average molecular weight is 496 g/mol. The summed E-state index contributed by atoms with van der Waals surface area (Å²) in [7, 11) is 2.90. The minimum absolute atomic E-state index is 0.0328. The number of rotatable bonds is 6. The molecule has 37 heavy (non-hydrogen) atoms. The van der Waals surface area contributed by atoms with Crippen LogP contribution in [0.2, 0.25) is 0 Å². The summed E-state index contributed by atoms with van der Waals surface area (Å²) in [5.74, 6) is 1.56. The summed E-state index contributed by atoms with van der Waals surface area (Å²) in [5.41, 5.74) is 0.721. The molecule has 0 saturated carbocycles. The molecule has 5 aromatic heterocycles. The predicted octanol–water partition coefficient (Wildman–Crippen LogP) is 6.29. The van der Waals surface area contributed by atoms with Crippen LogP contribution in [0.5, 0.6) is 11.5 Å². The van der Waals surface area contributed by atoms with E-state index < -0.39 is 5.43 Å². The number of ether oxygens (including phenoxy) is 2. The lowest BCUT2D eigenvalue weighted by atomic mass is 10.1. The Kier molecular flexibility index (Phi) is 5.16. The monoisotopic (exact) mass is 496 g/mol. The van der Waals surface area contributed by atoms with Gasteiger partial charge < -0.3 is 31.6 Å². The second-order valence-corrected chi connectivity index (χ2v) is 7.77. The van der Waals surface area contributed by atoms with E-state index in [-0.39, 0.29) is 45.2 Å². The molecule has 6 aromatic rings. The number of nitrogens with zero attached hydrogens (tertiary/aromatic N) is 2. The van der Waals surface area contributed by atoms with Crippen molar-refractivity contribution in [3.63, 3.8) is 0 Å². The van der Waals surface area contributed by atoms with E-state index in [0.717, 1.165) is 0 Å². The number of benzene rings is 1. The van der Waals surface area contributed by atoms with Crippen molar-refractivity contribution in [2.45, 2.75) is 0 Å². The third-order valence-electron chi connectivity index (χ3n) is 5.81. The SMILES string of the molecule is COc1c2occc2c(OC)c2c(=O)c(/C=N/c3oc(-c4ccco4)c(-c4ccco4)c3C#N)coc12. The lowest BCUT2D eigenvalue weighted by Gasteiger charge is -2.10. The molecule has 0 aliphatic carbocycles. The molecule has 0 radical (unpaired) electrons. The molecule has 10 heteroatoms. The number of furan rings is 4. The second-order valence-electron chi connectivity index (χ2n) is 7.77. The molecule has 0 amide bonds. The Balaban J connectivity index is 1.53. The number of aliphatic imine (C=N–C) groups is 1. The highest BCUT2D eigenvalue weighted by Crippen LogP contribution is 2.43. The van der Waals surface area contributed by atoms with Gasteiger partial charge in [0, 0.05) is 6.21 Å². The van der Waals surface area contributed by atoms with Crippen LogP contribution in [-0.4, -0.2) is 20.4 Å². The molecule has 5 heterocycles. The molecular weight excluding hydrogens is 480 g/mol. The molecular formula is C27H16N2O8. The maximum Gasteiger partial charge on any atom is 0.238 e. The highest BCUT2D eigenvalue weighted by atomic mass is 16.5. The minimum atomic E-state index is -0.425. The Morgan fingerprint density at radius 2 is 1.68 bits per heavy atom. The first-order chi connectivity index (χ1) is 18.2. The summed E-state index contributed by atoms with van der Waals surface area (Å²) in [6.07, 6.45) is 6.93. The summed E-state index contributed by atoms with van der Waals surface area (Å²) < 4.78 is 39.2. The topological polar surface area (TPSA) is 137 Å². The van der Waals surface area contributed by atoms with Gasteiger partial charge in [-0.05, 0) is 30.3 Å². The van der Waals surface area contributed by atoms with Crippen LogP contribution in [0.4, 0.5) is 5.88 Å². The second kappa shape index (κ2) is 8.66. The van der Waals surface area contributed by atoms with Gasteiger partial charge in [-0.25, -0.2) is 4.99 Å². The molecule has 0 N–H and O–H groups in total. The number of methoxy groups -OCH3 is 2. The van der Waals surface area contributed by atoms with E-state index >= 15 is 0 Å². The van der Waals surface area contributed by atoms with Crippen LogP contribution < -0.4 is 14.9 Å². The normalized spacial score (nSPS) is 11.5. The maximum absolute atomic E-state index is 13.5. The van der Waals surface area contributed by atoms with Gasteiger partial charge in [-0.15, -0.1) is 0 Å². The maximum atomic E-state index is 13.5. The largest absolute Gasteiger partial charge is 0.495 e. The van der Waals surface area contributed by atoms with Gasteiger partial charge in [-0.3, -0.25) is 4.79 Å². The zero-order valence-corrected chi connectivity index (χ0v) is 19.4. The van der Waals surface area contributed by atoms with Crippen LogP contribution in [0, 0.1) is 11.3 Å². The molecule has 182 valence electrons. The number of hydrogen-bond donors (Lipinski definition) is 0. The molecule has 0 atom stereocenters. The molecule has 0 bridgehead atoms. The molecule has 6 rings (SSSR count). The van der Waals surface area contributed by atoms with Crippen LogP contribution in [0.3, 0.4) is 0 Å². The van der Waals surface area contributed by atoms with E-state index in [1.165, 1.54) is 45.5 Å². The van der Waals surface area contributed by atoms with Crippen molar-refractivity contribution in [2.24, 2.45) is 4.99 Å². The lowest BCUT2D eigenvalue weighted by molar-refractivity contribution is 0.400. The summed E-state index contributed by atoms with van der Waals surface area (Å²) in [4.78, 5) is 17.8. The van der Waals surface area contributed by atoms with Crippen molar-refractivity contribution in [2.75, 3.05) is 14.2 Å². The van der Waals surface area contributed by atoms with Crippen molar-refractivity contribution < 1.29 is 31.6 Å². The molecule has 10 nitrogen and oxygen atoms in total. The quantitative estimate of drug-likeness (QED) is 0.243. The number of fused-ring (bicyclic) bond motifs is 2. The van der Waals surface area contributed by atoms with Crippen molar-refractivity contribution in [3.05, 3.63) is 76.7 Å². The fourth-order valence-electron chi connectivity index (χ4n) is 4.22. The smallest absolute Gasteiger partial charge is 0.238 e. The summed E-state index contributed by atoms with van der Waals surface area (Å²) in [6.45, 7) is 0. The van der Waals surface area contributed by atoms with Gasteiger partial charge in [-0.1, -0.05) is 0 Å². The van der Waals surface area contributed by atoms with E-state index in [9.17, 15) is 10.1 Å². The Morgan fingerprint density at radius 1 is 0.919 bits per heavy atom. The molecule has 0 spiro atoms. The van der Waals surface area contributed by atoms with Crippen LogP contribution >= 0.6 is 0 Å². The zero-order chi connectivity index (χ0) is 25.5. The third kappa shape index (κ3) is 3.33. The molecule has 0 saturated heterocycles. The summed E-state index contributed by atoms with van der Waals surface area (Å²) >= 11 is 0. The van der Waals surface area contributed by atoms with Crippen molar-refractivity contribution in [1.82, 2.24) is 0 Å². The van der Waals surface area contributed by atoms with Gasteiger partial charge in [0.05, 0.1) is 49.5 Å². The molecule has 1 aromatic carbocycles. The zero-order valence-electron chi connectivity index (χ0n) is 19.4. The number of nitriles is 1. The summed E-state index contributed by atoms with van der Waals surface area (Å²) in [5, 5.41) is 10.6. The number of hydrogen-bond acceptors (Lipinski definition) is 10. The van der Waals surface area contributed by atoms with Crippen LogP contribution in [0.15, 0.2) is 87.3 Å². The van der Waals surface area contributed by atoms with Gasteiger partial charge in [0.2, 0.25) is 17.1 Å². The fourth-order valence-corrected chi connectivity index (χ4v) is 4.22. The van der Waals surface area contributed by atoms with E-state index in [1.54, 1.807) is 30.3 Å². The highest BCUT2D eigenvalue weighted by molar-refractivity contribution is 6.07. The fraction of sp³-hybridized carbons (Fsp3) is 0.0741. The van der Waals surface area contributed by atoms with Crippen molar-refractivity contribution >= 4 is 34.0 Å². The van der Waals surface area contributed by atoms with Crippen molar-refractivity contribution in [1.29, 1.82) is 5.26 Å². The minimum Gasteiger partial charge on any atom is -0.495 e. The first kappa shape index (κ1) is 22.1. The van der Waals surface area contributed by atoms with E-state index in [0.29, 0.717) is 28.1 Å². The molecule has 0 aliphatic heterocycles. The van der Waals surface area contributed by atoms with Gasteiger partial charge in [0.1, 0.15) is 34.8 Å².